The van der Waals surface area contributed by atoms with Crippen LogP contribution in [0.2, 0.25) is 0 Å². The molecule has 114 valence electrons. The highest BCUT2D eigenvalue weighted by atomic mass is 16.2. The molecule has 0 saturated carbocycles. The maximum absolute atomic E-state index is 12.1. The zero-order valence-corrected chi connectivity index (χ0v) is 12.9. The molecule has 22 heavy (non-hydrogen) atoms. The van der Waals surface area contributed by atoms with Crippen molar-refractivity contribution in [1.29, 1.82) is 0 Å². The van der Waals surface area contributed by atoms with Crippen molar-refractivity contribution in [2.75, 3.05) is 12.4 Å². The van der Waals surface area contributed by atoms with Crippen molar-refractivity contribution in [2.24, 2.45) is 0 Å². The number of amides is 2. The van der Waals surface area contributed by atoms with Crippen LogP contribution in [0.4, 0.5) is 5.69 Å². The fourth-order valence-corrected chi connectivity index (χ4v) is 2.13. The van der Waals surface area contributed by atoms with Crippen LogP contribution in [0.25, 0.3) is 0 Å². The van der Waals surface area contributed by atoms with Gasteiger partial charge in [0.2, 0.25) is 11.8 Å². The molecule has 0 fully saturated rings. The topological polar surface area (TPSA) is 49.4 Å². The summed E-state index contributed by atoms with van der Waals surface area (Å²) >= 11 is 0. The smallest absolute Gasteiger partial charge is 0.233 e. The maximum Gasteiger partial charge on any atom is 0.233 e. The molecule has 4 heteroatoms. The molecule has 1 N–H and O–H groups in total. The average molecular weight is 296 g/mol. The number of hydrogen-bond acceptors (Lipinski definition) is 2. The molecule has 0 heterocycles. The van der Waals surface area contributed by atoms with E-state index in [2.05, 4.69) is 5.32 Å². The lowest BCUT2D eigenvalue weighted by Crippen LogP contribution is -2.30. The highest BCUT2D eigenvalue weighted by Crippen LogP contribution is 2.13. The first-order valence-electron chi connectivity index (χ1n) is 7.19. The Morgan fingerprint density at radius 1 is 1.00 bits per heavy atom. The van der Waals surface area contributed by atoms with Crippen molar-refractivity contribution >= 4 is 17.5 Å². The Hall–Kier alpha value is -2.62. The van der Waals surface area contributed by atoms with Gasteiger partial charge in [0.15, 0.2) is 0 Å². The SMILES string of the molecule is Cc1ccccc1NC(=O)CC(=O)N(C)Cc1ccccc1. The van der Waals surface area contributed by atoms with E-state index in [4.69, 9.17) is 0 Å². The number of aryl methyl sites for hydroxylation is 1. The minimum Gasteiger partial charge on any atom is -0.341 e. The number of carbonyl (C=O) groups is 2. The van der Waals surface area contributed by atoms with E-state index in [1.807, 2.05) is 61.5 Å². The zero-order chi connectivity index (χ0) is 15.9. The molecule has 0 aliphatic rings. The number of anilines is 1. The second kappa shape index (κ2) is 7.41. The Morgan fingerprint density at radius 3 is 2.32 bits per heavy atom. The predicted molar refractivity (Wildman–Crippen MR) is 87.3 cm³/mol. The number of carbonyl (C=O) groups excluding carboxylic acids is 2. The maximum atomic E-state index is 12.1. The van der Waals surface area contributed by atoms with Crippen molar-refractivity contribution in [3.05, 3.63) is 65.7 Å². The molecule has 4 nitrogen and oxygen atoms in total. The summed E-state index contributed by atoms with van der Waals surface area (Å²) in [5.41, 5.74) is 2.75. The number of hydrogen-bond donors (Lipinski definition) is 1. The highest BCUT2D eigenvalue weighted by Gasteiger charge is 2.14. The van der Waals surface area contributed by atoms with Crippen LogP contribution in [0.15, 0.2) is 54.6 Å². The molecule has 2 amide bonds. The third-order valence-corrected chi connectivity index (χ3v) is 3.42. The van der Waals surface area contributed by atoms with Crippen molar-refractivity contribution < 1.29 is 9.59 Å². The van der Waals surface area contributed by atoms with Gasteiger partial charge in [-0.15, -0.1) is 0 Å². The molecule has 0 aliphatic heterocycles. The lowest BCUT2D eigenvalue weighted by atomic mass is 10.2. The van der Waals surface area contributed by atoms with Gasteiger partial charge in [0.25, 0.3) is 0 Å². The van der Waals surface area contributed by atoms with E-state index in [0.717, 1.165) is 16.8 Å². The first-order valence-corrected chi connectivity index (χ1v) is 7.19. The minimum absolute atomic E-state index is 0.155. The van der Waals surface area contributed by atoms with Gasteiger partial charge in [-0.1, -0.05) is 48.5 Å². The van der Waals surface area contributed by atoms with Crippen LogP contribution >= 0.6 is 0 Å². The quantitative estimate of drug-likeness (QED) is 0.862. The Balaban J connectivity index is 1.88. The number of nitrogens with one attached hydrogen (secondary N) is 1. The Morgan fingerprint density at radius 2 is 1.64 bits per heavy atom. The van der Waals surface area contributed by atoms with E-state index in [1.165, 1.54) is 0 Å². The third kappa shape index (κ3) is 4.45. The Labute approximate surface area is 130 Å². The first-order chi connectivity index (χ1) is 10.6. The number of nitrogens with zero attached hydrogens (tertiary/aromatic N) is 1. The summed E-state index contributed by atoms with van der Waals surface area (Å²) in [7, 11) is 1.70. The summed E-state index contributed by atoms with van der Waals surface area (Å²) in [6.07, 6.45) is -0.155. The molecule has 0 saturated heterocycles. The van der Waals surface area contributed by atoms with Crippen LogP contribution < -0.4 is 5.32 Å². The monoisotopic (exact) mass is 296 g/mol. The summed E-state index contributed by atoms with van der Waals surface area (Å²) in [6.45, 7) is 2.41. The fraction of sp³-hybridized carbons (Fsp3) is 0.222. The van der Waals surface area contributed by atoms with Crippen LogP contribution in [0.3, 0.4) is 0 Å². The van der Waals surface area contributed by atoms with Crippen LogP contribution in [-0.2, 0) is 16.1 Å². The summed E-state index contributed by atoms with van der Waals surface area (Å²) in [4.78, 5) is 25.6. The average Bonchev–Trinajstić information content (AvgIpc) is 2.50. The zero-order valence-electron chi connectivity index (χ0n) is 12.9. The van der Waals surface area contributed by atoms with E-state index in [9.17, 15) is 9.59 Å². The molecule has 0 atom stereocenters. The van der Waals surface area contributed by atoms with Crippen molar-refractivity contribution in [3.8, 4) is 0 Å². The van der Waals surface area contributed by atoms with Gasteiger partial charge in [0.1, 0.15) is 6.42 Å². The summed E-state index contributed by atoms with van der Waals surface area (Å²) < 4.78 is 0. The molecule has 0 radical (unpaired) electrons. The molecular weight excluding hydrogens is 276 g/mol. The molecule has 0 spiro atoms. The van der Waals surface area contributed by atoms with Crippen LogP contribution in [0, 0.1) is 6.92 Å². The van der Waals surface area contributed by atoms with E-state index >= 15 is 0 Å². The van der Waals surface area contributed by atoms with Gasteiger partial charge in [-0.25, -0.2) is 0 Å². The number of benzene rings is 2. The van der Waals surface area contributed by atoms with Gasteiger partial charge in [0.05, 0.1) is 0 Å². The summed E-state index contributed by atoms with van der Waals surface area (Å²) in [5, 5.41) is 2.77. The lowest BCUT2D eigenvalue weighted by Gasteiger charge is -2.17. The number of para-hydroxylation sites is 1. The standard InChI is InChI=1S/C18H20N2O2/c1-14-8-6-7-11-16(14)19-17(21)12-18(22)20(2)13-15-9-4-3-5-10-15/h3-11H,12-13H2,1-2H3,(H,19,21). The molecule has 2 aromatic carbocycles. The highest BCUT2D eigenvalue weighted by molar-refractivity contribution is 6.03. The largest absolute Gasteiger partial charge is 0.341 e. The van der Waals surface area contributed by atoms with Gasteiger partial charge < -0.3 is 10.2 Å². The van der Waals surface area contributed by atoms with Gasteiger partial charge in [0, 0.05) is 19.3 Å². The van der Waals surface area contributed by atoms with Gasteiger partial charge in [-0.3, -0.25) is 9.59 Å². The fourth-order valence-electron chi connectivity index (χ4n) is 2.13. The van der Waals surface area contributed by atoms with E-state index in [1.54, 1.807) is 11.9 Å². The molecule has 0 aromatic heterocycles. The predicted octanol–water partition coefficient (Wildman–Crippen LogP) is 2.98. The van der Waals surface area contributed by atoms with Crippen molar-refractivity contribution in [3.63, 3.8) is 0 Å². The Kier molecular flexibility index (Phi) is 5.31. The van der Waals surface area contributed by atoms with Crippen molar-refractivity contribution in [2.45, 2.75) is 19.9 Å². The van der Waals surface area contributed by atoms with E-state index in [-0.39, 0.29) is 18.2 Å². The second-order valence-electron chi connectivity index (χ2n) is 5.28. The van der Waals surface area contributed by atoms with Gasteiger partial charge in [-0.2, -0.15) is 0 Å². The number of rotatable bonds is 5. The molecule has 2 aromatic rings. The summed E-state index contributed by atoms with van der Waals surface area (Å²) in [5.74, 6) is -0.492. The van der Waals surface area contributed by atoms with E-state index in [0.29, 0.717) is 6.54 Å². The molecule has 0 unspecified atom stereocenters. The van der Waals surface area contributed by atoms with Crippen LogP contribution in [0.1, 0.15) is 17.5 Å². The van der Waals surface area contributed by atoms with Crippen LogP contribution in [-0.4, -0.2) is 23.8 Å². The minimum atomic E-state index is -0.292. The van der Waals surface area contributed by atoms with Crippen molar-refractivity contribution in [1.82, 2.24) is 4.90 Å². The van der Waals surface area contributed by atoms with Crippen LogP contribution in [0.5, 0.6) is 0 Å². The molecule has 0 bridgehead atoms. The van der Waals surface area contributed by atoms with Gasteiger partial charge in [-0.05, 0) is 24.1 Å². The van der Waals surface area contributed by atoms with Gasteiger partial charge >= 0.3 is 0 Å². The molecule has 0 aliphatic carbocycles. The second-order valence-corrected chi connectivity index (χ2v) is 5.28. The third-order valence-electron chi connectivity index (χ3n) is 3.42. The lowest BCUT2D eigenvalue weighted by molar-refractivity contribution is -0.134. The normalized spacial score (nSPS) is 10.1. The summed E-state index contributed by atoms with van der Waals surface area (Å²) in [6, 6.07) is 17.2. The molecular formula is C18H20N2O2. The Bertz CT molecular complexity index is 653. The molecule has 2 rings (SSSR count). The van der Waals surface area contributed by atoms with E-state index < -0.39 is 0 Å². The first kappa shape index (κ1) is 15.8.